The zero-order chi connectivity index (χ0) is 14.3. The molecule has 0 bridgehead atoms. The van der Waals surface area contributed by atoms with Crippen molar-refractivity contribution in [3.8, 4) is 0 Å². The molecule has 1 N–H and O–H groups in total. The molecule has 0 unspecified atom stereocenters. The van der Waals surface area contributed by atoms with E-state index in [2.05, 4.69) is 10.3 Å². The molecular formula is C15H10Cl2N2O. The van der Waals surface area contributed by atoms with E-state index in [1.165, 1.54) is 0 Å². The van der Waals surface area contributed by atoms with E-state index in [1.807, 2.05) is 19.1 Å². The van der Waals surface area contributed by atoms with Crippen molar-refractivity contribution >= 4 is 46.2 Å². The number of carbonyl (C=O) groups is 1. The summed E-state index contributed by atoms with van der Waals surface area (Å²) in [6.45, 7) is 1.86. The highest BCUT2D eigenvalue weighted by molar-refractivity contribution is 6.54. The molecule has 20 heavy (non-hydrogen) atoms. The number of aliphatic imine (C=N–C) groups is 1. The molecule has 0 radical (unpaired) electrons. The minimum Gasteiger partial charge on any atom is -0.320 e. The Morgan fingerprint density at radius 1 is 1.05 bits per heavy atom. The molecule has 0 spiro atoms. The van der Waals surface area contributed by atoms with Crippen LogP contribution in [0.15, 0.2) is 41.4 Å². The number of nitrogens with one attached hydrogen (secondary N) is 1. The summed E-state index contributed by atoms with van der Waals surface area (Å²) in [5.41, 5.74) is 3.22. The second-order valence-electron chi connectivity index (χ2n) is 4.46. The van der Waals surface area contributed by atoms with Crippen LogP contribution in [0.3, 0.4) is 0 Å². The summed E-state index contributed by atoms with van der Waals surface area (Å²) in [5.74, 6) is -0.245. The molecule has 0 aliphatic carbocycles. The molecular weight excluding hydrogens is 295 g/mol. The molecule has 5 heteroatoms. The zero-order valence-electron chi connectivity index (χ0n) is 10.6. The number of amides is 1. The Morgan fingerprint density at radius 3 is 2.55 bits per heavy atom. The smallest absolute Gasteiger partial charge is 0.275 e. The van der Waals surface area contributed by atoms with E-state index in [0.29, 0.717) is 27.1 Å². The van der Waals surface area contributed by atoms with Crippen molar-refractivity contribution in [3.05, 3.63) is 57.6 Å². The first-order valence-electron chi connectivity index (χ1n) is 6.02. The average Bonchev–Trinajstić information content (AvgIpc) is 2.74. The Bertz CT molecular complexity index is 754. The van der Waals surface area contributed by atoms with Crippen molar-refractivity contribution < 1.29 is 4.79 Å². The predicted octanol–water partition coefficient (Wildman–Crippen LogP) is 4.37. The number of rotatable bonds is 1. The van der Waals surface area contributed by atoms with Gasteiger partial charge in [-0.25, -0.2) is 4.99 Å². The van der Waals surface area contributed by atoms with E-state index in [4.69, 9.17) is 23.2 Å². The topological polar surface area (TPSA) is 41.5 Å². The Labute approximate surface area is 126 Å². The van der Waals surface area contributed by atoms with E-state index in [0.717, 1.165) is 11.1 Å². The predicted molar refractivity (Wildman–Crippen MR) is 82.5 cm³/mol. The van der Waals surface area contributed by atoms with Gasteiger partial charge in [0.2, 0.25) is 0 Å². The Balaban J connectivity index is 2.16. The van der Waals surface area contributed by atoms with E-state index in [9.17, 15) is 4.79 Å². The Hall–Kier alpha value is -1.84. The van der Waals surface area contributed by atoms with Crippen molar-refractivity contribution in [2.24, 2.45) is 4.99 Å². The van der Waals surface area contributed by atoms with Gasteiger partial charge in [-0.3, -0.25) is 4.79 Å². The highest BCUT2D eigenvalue weighted by Gasteiger charge is 2.28. The summed E-state index contributed by atoms with van der Waals surface area (Å²) < 4.78 is 0. The SMILES string of the molecule is Cc1c(Cl)ccc2c1NC(=O)C2=Nc1ccccc1Cl. The summed E-state index contributed by atoms with van der Waals surface area (Å²) in [6, 6.07) is 10.7. The maximum absolute atomic E-state index is 12.1. The van der Waals surface area contributed by atoms with Gasteiger partial charge < -0.3 is 5.32 Å². The third-order valence-electron chi connectivity index (χ3n) is 3.19. The van der Waals surface area contributed by atoms with Crippen molar-refractivity contribution in [3.63, 3.8) is 0 Å². The molecule has 0 saturated heterocycles. The van der Waals surface area contributed by atoms with Crippen LogP contribution in [0.4, 0.5) is 11.4 Å². The van der Waals surface area contributed by atoms with Gasteiger partial charge in [-0.1, -0.05) is 35.3 Å². The first-order valence-corrected chi connectivity index (χ1v) is 6.77. The molecule has 1 aliphatic heterocycles. The lowest BCUT2D eigenvalue weighted by molar-refractivity contribution is -0.110. The van der Waals surface area contributed by atoms with Gasteiger partial charge in [0, 0.05) is 10.6 Å². The molecule has 1 amide bonds. The molecule has 100 valence electrons. The van der Waals surface area contributed by atoms with Crippen LogP contribution in [-0.2, 0) is 4.79 Å². The van der Waals surface area contributed by atoms with Gasteiger partial charge in [0.25, 0.3) is 5.91 Å². The first kappa shape index (κ1) is 13.2. The van der Waals surface area contributed by atoms with Crippen LogP contribution >= 0.6 is 23.2 Å². The molecule has 0 aromatic heterocycles. The third-order valence-corrected chi connectivity index (χ3v) is 3.92. The number of carbonyl (C=O) groups excluding carboxylic acids is 1. The standard InChI is InChI=1S/C15H10Cl2N2O/c1-8-10(16)7-6-9-13(8)19-15(20)14(9)18-12-5-3-2-4-11(12)17/h2-7H,1H3,(H,18,19,20). The van der Waals surface area contributed by atoms with Crippen LogP contribution in [0.1, 0.15) is 11.1 Å². The summed E-state index contributed by atoms with van der Waals surface area (Å²) in [6.07, 6.45) is 0. The molecule has 3 nitrogen and oxygen atoms in total. The number of nitrogens with zero attached hydrogens (tertiary/aromatic N) is 1. The van der Waals surface area contributed by atoms with Crippen molar-refractivity contribution in [1.29, 1.82) is 0 Å². The lowest BCUT2D eigenvalue weighted by atomic mass is 10.1. The summed E-state index contributed by atoms with van der Waals surface area (Å²) in [4.78, 5) is 16.5. The van der Waals surface area contributed by atoms with Crippen LogP contribution in [0.2, 0.25) is 10.0 Å². The number of anilines is 1. The van der Waals surface area contributed by atoms with E-state index in [1.54, 1.807) is 24.3 Å². The Kier molecular flexibility index (Phi) is 3.24. The Morgan fingerprint density at radius 2 is 1.80 bits per heavy atom. The number of hydrogen-bond acceptors (Lipinski definition) is 2. The monoisotopic (exact) mass is 304 g/mol. The van der Waals surface area contributed by atoms with Gasteiger partial charge in [0.15, 0.2) is 0 Å². The van der Waals surface area contributed by atoms with E-state index in [-0.39, 0.29) is 5.91 Å². The van der Waals surface area contributed by atoms with Gasteiger partial charge in [-0.05, 0) is 36.8 Å². The fourth-order valence-electron chi connectivity index (χ4n) is 2.11. The second kappa shape index (κ2) is 4.93. The zero-order valence-corrected chi connectivity index (χ0v) is 12.1. The number of hydrogen-bond donors (Lipinski definition) is 1. The molecule has 0 saturated carbocycles. The van der Waals surface area contributed by atoms with Gasteiger partial charge in [0.05, 0.1) is 16.4 Å². The van der Waals surface area contributed by atoms with Crippen LogP contribution in [0, 0.1) is 6.92 Å². The van der Waals surface area contributed by atoms with Crippen LogP contribution in [0.5, 0.6) is 0 Å². The van der Waals surface area contributed by atoms with Crippen LogP contribution in [-0.4, -0.2) is 11.6 Å². The molecule has 0 atom stereocenters. The van der Waals surface area contributed by atoms with Crippen LogP contribution in [0.25, 0.3) is 0 Å². The maximum Gasteiger partial charge on any atom is 0.275 e. The molecule has 1 heterocycles. The average molecular weight is 305 g/mol. The first-order chi connectivity index (χ1) is 9.58. The minimum absolute atomic E-state index is 0.245. The molecule has 2 aromatic rings. The highest BCUT2D eigenvalue weighted by Crippen LogP contribution is 2.34. The van der Waals surface area contributed by atoms with Crippen molar-refractivity contribution in [1.82, 2.24) is 0 Å². The number of para-hydroxylation sites is 1. The second-order valence-corrected chi connectivity index (χ2v) is 5.28. The lowest BCUT2D eigenvalue weighted by Crippen LogP contribution is -2.14. The normalized spacial score (nSPS) is 15.3. The molecule has 0 fully saturated rings. The largest absolute Gasteiger partial charge is 0.320 e. The van der Waals surface area contributed by atoms with E-state index >= 15 is 0 Å². The maximum atomic E-state index is 12.1. The van der Waals surface area contributed by atoms with Crippen molar-refractivity contribution in [2.45, 2.75) is 6.92 Å². The van der Waals surface area contributed by atoms with Gasteiger partial charge in [0.1, 0.15) is 5.71 Å². The summed E-state index contributed by atoms with van der Waals surface area (Å²) >= 11 is 12.1. The van der Waals surface area contributed by atoms with Crippen LogP contribution < -0.4 is 5.32 Å². The number of halogens is 2. The fourth-order valence-corrected chi connectivity index (χ4v) is 2.45. The summed E-state index contributed by atoms with van der Waals surface area (Å²) in [5, 5.41) is 3.92. The van der Waals surface area contributed by atoms with Gasteiger partial charge >= 0.3 is 0 Å². The van der Waals surface area contributed by atoms with Gasteiger partial charge in [-0.2, -0.15) is 0 Å². The molecule has 1 aliphatic rings. The fraction of sp³-hybridized carbons (Fsp3) is 0.0667. The molecule has 3 rings (SSSR count). The lowest BCUT2D eigenvalue weighted by Gasteiger charge is -2.04. The molecule has 2 aromatic carbocycles. The number of fused-ring (bicyclic) bond motifs is 1. The minimum atomic E-state index is -0.245. The number of benzene rings is 2. The summed E-state index contributed by atoms with van der Waals surface area (Å²) in [7, 11) is 0. The third kappa shape index (κ3) is 2.09. The van der Waals surface area contributed by atoms with E-state index < -0.39 is 0 Å². The van der Waals surface area contributed by atoms with Gasteiger partial charge in [-0.15, -0.1) is 0 Å². The quantitative estimate of drug-likeness (QED) is 0.835. The van der Waals surface area contributed by atoms with Crippen molar-refractivity contribution in [2.75, 3.05) is 5.32 Å². The highest BCUT2D eigenvalue weighted by atomic mass is 35.5.